The highest BCUT2D eigenvalue weighted by Gasteiger charge is 2.36. The van der Waals surface area contributed by atoms with Gasteiger partial charge in [-0.2, -0.15) is 13.2 Å². The highest BCUT2D eigenvalue weighted by molar-refractivity contribution is 7.17. The Labute approximate surface area is 181 Å². The molecular formula is C20H23F3N4O3S. The summed E-state index contributed by atoms with van der Waals surface area (Å²) < 4.78 is 45.7. The van der Waals surface area contributed by atoms with Crippen molar-refractivity contribution in [2.45, 2.75) is 19.0 Å². The smallest absolute Gasteiger partial charge is 0.417 e. The van der Waals surface area contributed by atoms with Crippen molar-refractivity contribution in [2.75, 3.05) is 57.8 Å². The van der Waals surface area contributed by atoms with Crippen molar-refractivity contribution in [1.82, 2.24) is 14.8 Å². The van der Waals surface area contributed by atoms with Crippen molar-refractivity contribution < 1.29 is 27.5 Å². The van der Waals surface area contributed by atoms with Crippen molar-refractivity contribution in [3.8, 4) is 0 Å². The summed E-state index contributed by atoms with van der Waals surface area (Å²) in [5.74, 6) is -0.436. The van der Waals surface area contributed by atoms with E-state index in [0.717, 1.165) is 43.3 Å². The van der Waals surface area contributed by atoms with Gasteiger partial charge in [0.25, 0.3) is 0 Å². The second-order valence-electron chi connectivity index (χ2n) is 7.70. The second-order valence-corrected chi connectivity index (χ2v) is 8.58. The zero-order valence-electron chi connectivity index (χ0n) is 17.1. The third-order valence-corrected chi connectivity index (χ3v) is 6.74. The normalized spacial score (nSPS) is 18.1. The molecule has 2 aliphatic heterocycles. The van der Waals surface area contributed by atoms with Crippen LogP contribution < -0.4 is 4.90 Å². The molecule has 2 aliphatic rings. The Morgan fingerprint density at radius 3 is 2.42 bits per heavy atom. The van der Waals surface area contributed by atoms with E-state index in [1.807, 2.05) is 9.80 Å². The minimum absolute atomic E-state index is 0.00770. The SMILES string of the molecule is COC(=O)c1csc2c(C(F)(F)F)cc(N3CCN(CC(=O)N4CCCC4)CC3)nc12. The van der Waals surface area contributed by atoms with Crippen LogP contribution >= 0.6 is 11.3 Å². The number of esters is 1. The van der Waals surface area contributed by atoms with Crippen LogP contribution in [0, 0.1) is 0 Å². The standard InChI is InChI=1S/C20H23F3N4O3S/c1-30-19(29)13-12-31-18-14(20(21,22)23)10-15(24-17(13)18)26-8-6-25(7-9-26)11-16(28)27-4-2-3-5-27/h10,12H,2-9,11H2,1H3. The lowest BCUT2D eigenvalue weighted by molar-refractivity contribution is -0.136. The van der Waals surface area contributed by atoms with Gasteiger partial charge in [-0.05, 0) is 18.9 Å². The summed E-state index contributed by atoms with van der Waals surface area (Å²) in [6.45, 7) is 3.91. The van der Waals surface area contributed by atoms with Crippen molar-refractivity contribution >= 4 is 39.2 Å². The van der Waals surface area contributed by atoms with Gasteiger partial charge >= 0.3 is 12.1 Å². The van der Waals surface area contributed by atoms with Gasteiger partial charge in [0.15, 0.2) is 0 Å². The number of pyridine rings is 1. The lowest BCUT2D eigenvalue weighted by atomic mass is 10.1. The maximum Gasteiger partial charge on any atom is 0.417 e. The van der Waals surface area contributed by atoms with Crippen LogP contribution in [0.4, 0.5) is 19.0 Å². The quantitative estimate of drug-likeness (QED) is 0.660. The average molecular weight is 456 g/mol. The van der Waals surface area contributed by atoms with Crippen LogP contribution in [0.2, 0.25) is 0 Å². The lowest BCUT2D eigenvalue weighted by Crippen LogP contribution is -2.50. The zero-order chi connectivity index (χ0) is 22.2. The fourth-order valence-electron chi connectivity index (χ4n) is 4.02. The molecule has 4 rings (SSSR count). The van der Waals surface area contributed by atoms with E-state index in [2.05, 4.69) is 4.98 Å². The molecule has 168 valence electrons. The Kier molecular flexibility index (Phi) is 6.07. The van der Waals surface area contributed by atoms with Gasteiger partial charge in [-0.3, -0.25) is 9.69 Å². The molecule has 0 unspecified atom stereocenters. The summed E-state index contributed by atoms with van der Waals surface area (Å²) in [5.41, 5.74) is -0.766. The van der Waals surface area contributed by atoms with Crippen LogP contribution in [0.15, 0.2) is 11.4 Å². The van der Waals surface area contributed by atoms with Crippen molar-refractivity contribution in [2.24, 2.45) is 0 Å². The number of alkyl halides is 3. The van der Waals surface area contributed by atoms with E-state index in [9.17, 15) is 22.8 Å². The van der Waals surface area contributed by atoms with Gasteiger partial charge in [0.2, 0.25) is 5.91 Å². The number of likely N-dealkylation sites (tertiary alicyclic amines) is 1. The topological polar surface area (TPSA) is 66.0 Å². The number of rotatable bonds is 4. The highest BCUT2D eigenvalue weighted by atomic mass is 32.1. The molecule has 2 aromatic rings. The van der Waals surface area contributed by atoms with E-state index in [1.54, 1.807) is 4.90 Å². The Bertz CT molecular complexity index is 980. The molecule has 1 amide bonds. The number of thiophene rings is 1. The largest absolute Gasteiger partial charge is 0.465 e. The lowest BCUT2D eigenvalue weighted by Gasteiger charge is -2.35. The number of methoxy groups -OCH3 is 1. The third-order valence-electron chi connectivity index (χ3n) is 5.73. The first kappa shape index (κ1) is 21.8. The molecule has 0 radical (unpaired) electrons. The van der Waals surface area contributed by atoms with Crippen LogP contribution in [-0.2, 0) is 15.7 Å². The van der Waals surface area contributed by atoms with E-state index < -0.39 is 17.7 Å². The number of aromatic nitrogens is 1. The van der Waals surface area contributed by atoms with Crippen molar-refractivity contribution in [3.05, 3.63) is 22.6 Å². The number of nitrogens with zero attached hydrogens (tertiary/aromatic N) is 4. The molecule has 2 saturated heterocycles. The van der Waals surface area contributed by atoms with E-state index in [4.69, 9.17) is 4.74 Å². The third kappa shape index (κ3) is 4.47. The predicted octanol–water partition coefficient (Wildman–Crippen LogP) is 2.85. The fourth-order valence-corrected chi connectivity index (χ4v) is 5.03. The van der Waals surface area contributed by atoms with Crippen LogP contribution in [0.1, 0.15) is 28.8 Å². The van der Waals surface area contributed by atoms with Crippen LogP contribution in [0.3, 0.4) is 0 Å². The fraction of sp³-hybridized carbons (Fsp3) is 0.550. The first-order chi connectivity index (χ1) is 14.8. The monoisotopic (exact) mass is 456 g/mol. The number of ether oxygens (including phenoxy) is 1. The molecule has 4 heterocycles. The molecule has 7 nitrogen and oxygen atoms in total. The molecule has 0 aliphatic carbocycles. The Morgan fingerprint density at radius 2 is 1.81 bits per heavy atom. The number of anilines is 1. The predicted molar refractivity (Wildman–Crippen MR) is 110 cm³/mol. The minimum Gasteiger partial charge on any atom is -0.465 e. The Hall–Kier alpha value is -2.40. The van der Waals surface area contributed by atoms with Gasteiger partial charge in [-0.25, -0.2) is 9.78 Å². The van der Waals surface area contributed by atoms with E-state index in [1.165, 1.54) is 12.5 Å². The van der Waals surface area contributed by atoms with Gasteiger partial charge in [0, 0.05) is 44.6 Å². The van der Waals surface area contributed by atoms with E-state index in [-0.39, 0.29) is 27.5 Å². The maximum absolute atomic E-state index is 13.7. The van der Waals surface area contributed by atoms with E-state index in [0.29, 0.717) is 32.7 Å². The van der Waals surface area contributed by atoms with Gasteiger partial charge in [-0.15, -0.1) is 11.3 Å². The van der Waals surface area contributed by atoms with Crippen molar-refractivity contribution in [1.29, 1.82) is 0 Å². The molecule has 0 atom stereocenters. The molecule has 2 fully saturated rings. The average Bonchev–Trinajstić information content (AvgIpc) is 3.42. The summed E-state index contributed by atoms with van der Waals surface area (Å²) in [4.78, 5) is 34.4. The highest BCUT2D eigenvalue weighted by Crippen LogP contribution is 2.40. The van der Waals surface area contributed by atoms with Crippen LogP contribution in [-0.4, -0.2) is 79.6 Å². The second kappa shape index (κ2) is 8.62. The summed E-state index contributed by atoms with van der Waals surface area (Å²) in [6, 6.07) is 1.05. The summed E-state index contributed by atoms with van der Waals surface area (Å²) >= 11 is 0.833. The Morgan fingerprint density at radius 1 is 1.13 bits per heavy atom. The zero-order valence-corrected chi connectivity index (χ0v) is 17.9. The molecule has 0 saturated carbocycles. The number of piperazine rings is 1. The molecule has 11 heteroatoms. The molecule has 0 N–H and O–H groups in total. The first-order valence-corrected chi connectivity index (χ1v) is 11.0. The number of amides is 1. The molecule has 0 spiro atoms. The molecular weight excluding hydrogens is 433 g/mol. The van der Waals surface area contributed by atoms with Gasteiger partial charge in [0.1, 0.15) is 5.82 Å². The van der Waals surface area contributed by atoms with E-state index >= 15 is 0 Å². The van der Waals surface area contributed by atoms with Gasteiger partial charge in [0.05, 0.1) is 35.0 Å². The molecule has 2 aromatic heterocycles. The molecule has 0 bridgehead atoms. The summed E-state index contributed by atoms with van der Waals surface area (Å²) in [6.07, 6.45) is -2.51. The minimum atomic E-state index is -4.57. The Balaban J connectivity index is 1.54. The first-order valence-electron chi connectivity index (χ1n) is 10.1. The molecule has 31 heavy (non-hydrogen) atoms. The van der Waals surface area contributed by atoms with Gasteiger partial charge in [-0.1, -0.05) is 0 Å². The summed E-state index contributed by atoms with van der Waals surface area (Å²) in [7, 11) is 1.18. The molecule has 0 aromatic carbocycles. The summed E-state index contributed by atoms with van der Waals surface area (Å²) in [5, 5.41) is 1.35. The number of fused-ring (bicyclic) bond motifs is 1. The number of carbonyl (C=O) groups excluding carboxylic acids is 2. The number of carbonyl (C=O) groups is 2. The number of hydrogen-bond donors (Lipinski definition) is 0. The van der Waals surface area contributed by atoms with Crippen molar-refractivity contribution in [3.63, 3.8) is 0 Å². The van der Waals surface area contributed by atoms with Gasteiger partial charge < -0.3 is 14.5 Å². The van der Waals surface area contributed by atoms with Crippen LogP contribution in [0.5, 0.6) is 0 Å². The maximum atomic E-state index is 13.7. The number of hydrogen-bond acceptors (Lipinski definition) is 7. The number of halogens is 3. The van der Waals surface area contributed by atoms with Crippen LogP contribution in [0.25, 0.3) is 10.2 Å².